The number of nitrogens with zero attached hydrogens (tertiary/aromatic N) is 1. The Labute approximate surface area is 111 Å². The van der Waals surface area contributed by atoms with Crippen LogP contribution < -0.4 is 11.2 Å². The van der Waals surface area contributed by atoms with Crippen LogP contribution >= 0.6 is 11.6 Å². The maximum absolute atomic E-state index is 13.0. The molecule has 7 nitrogen and oxygen atoms in total. The molecule has 9 heteroatoms. The molecular formula is C10H12ClFN2O5. The largest absolute Gasteiger partial charge is 0.393 e. The van der Waals surface area contributed by atoms with Crippen LogP contribution in [0.15, 0.2) is 21.9 Å². The van der Waals surface area contributed by atoms with Crippen molar-refractivity contribution in [2.75, 3.05) is 13.3 Å². The van der Waals surface area contributed by atoms with Crippen LogP contribution in [0, 0.1) is 0 Å². The van der Waals surface area contributed by atoms with Crippen LogP contribution in [0.5, 0.6) is 0 Å². The maximum Gasteiger partial charge on any atom is 0.330 e. The lowest BCUT2D eigenvalue weighted by atomic mass is 9.99. The van der Waals surface area contributed by atoms with Crippen LogP contribution in [0.25, 0.3) is 0 Å². The Balaban J connectivity index is 2.42. The van der Waals surface area contributed by atoms with E-state index in [-0.39, 0.29) is 0 Å². The van der Waals surface area contributed by atoms with E-state index in [1.165, 1.54) is 0 Å². The molecule has 2 rings (SSSR count). The lowest BCUT2D eigenvalue weighted by Crippen LogP contribution is -2.47. The predicted molar refractivity (Wildman–Crippen MR) is 62.9 cm³/mol. The van der Waals surface area contributed by atoms with E-state index in [1.807, 2.05) is 4.98 Å². The number of aromatic amines is 1. The van der Waals surface area contributed by atoms with Gasteiger partial charge in [0.2, 0.25) is 0 Å². The van der Waals surface area contributed by atoms with Gasteiger partial charge < -0.3 is 14.9 Å². The normalized spacial score (nSPS) is 34.6. The molecule has 1 aliphatic heterocycles. The van der Waals surface area contributed by atoms with E-state index in [1.54, 1.807) is 0 Å². The monoisotopic (exact) mass is 294 g/mol. The van der Waals surface area contributed by atoms with E-state index in [2.05, 4.69) is 0 Å². The lowest BCUT2D eigenvalue weighted by Gasteiger charge is -2.26. The molecule has 0 bridgehead atoms. The number of ether oxygens (including phenoxy) is 1. The molecule has 0 unspecified atom stereocenters. The van der Waals surface area contributed by atoms with Crippen LogP contribution in [-0.4, -0.2) is 50.1 Å². The van der Waals surface area contributed by atoms with Gasteiger partial charge in [-0.2, -0.15) is 0 Å². The second-order valence-corrected chi connectivity index (χ2v) is 4.78. The highest BCUT2D eigenvalue weighted by atomic mass is 35.5. The summed E-state index contributed by atoms with van der Waals surface area (Å²) in [6, 6.07) is 1.06. The molecule has 1 aromatic heterocycles. The molecule has 1 aliphatic rings. The molecule has 0 radical (unpaired) electrons. The van der Waals surface area contributed by atoms with Crippen molar-refractivity contribution in [1.82, 2.24) is 9.55 Å². The van der Waals surface area contributed by atoms with Crippen LogP contribution in [-0.2, 0) is 4.74 Å². The second-order valence-electron chi connectivity index (χ2n) is 4.27. The zero-order valence-electron chi connectivity index (χ0n) is 9.62. The first-order chi connectivity index (χ1) is 8.95. The fourth-order valence-corrected chi connectivity index (χ4v) is 2.35. The summed E-state index contributed by atoms with van der Waals surface area (Å²) in [5.74, 6) is 0. The Morgan fingerprint density at radius 1 is 1.58 bits per heavy atom. The summed E-state index contributed by atoms with van der Waals surface area (Å²) in [7, 11) is 0. The molecule has 1 fully saturated rings. The van der Waals surface area contributed by atoms with Crippen LogP contribution in [0.1, 0.15) is 6.23 Å². The third-order valence-corrected chi connectivity index (χ3v) is 3.54. The maximum atomic E-state index is 13.0. The molecule has 19 heavy (non-hydrogen) atoms. The molecular weight excluding hydrogens is 283 g/mol. The van der Waals surface area contributed by atoms with Crippen molar-refractivity contribution < 1.29 is 19.3 Å². The third-order valence-electron chi connectivity index (χ3n) is 3.09. The van der Waals surface area contributed by atoms with E-state index >= 15 is 0 Å². The van der Waals surface area contributed by atoms with Gasteiger partial charge in [0.25, 0.3) is 5.56 Å². The second kappa shape index (κ2) is 5.04. The smallest absolute Gasteiger partial charge is 0.330 e. The van der Waals surface area contributed by atoms with Crippen molar-refractivity contribution in [2.45, 2.75) is 23.3 Å². The standard InChI is InChI=1S/C10H12ClFN2O5/c11-6-7(17)10(3-12,4-15)19-8(6)14-2-1-5(16)13-9(14)18/h1-2,6-8,15,17H,3-4H2,(H,13,16,18)/t6-,7+,8-,10-/m1/s1. The van der Waals surface area contributed by atoms with Crippen molar-refractivity contribution >= 4 is 11.6 Å². The summed E-state index contributed by atoms with van der Waals surface area (Å²) >= 11 is 5.91. The molecule has 3 N–H and O–H groups in total. The molecule has 2 heterocycles. The molecule has 0 aromatic carbocycles. The van der Waals surface area contributed by atoms with Crippen LogP contribution in [0.3, 0.4) is 0 Å². The van der Waals surface area contributed by atoms with Gasteiger partial charge in [0, 0.05) is 12.3 Å². The highest BCUT2D eigenvalue weighted by molar-refractivity contribution is 6.21. The average molecular weight is 295 g/mol. The van der Waals surface area contributed by atoms with Gasteiger partial charge in [-0.05, 0) is 0 Å². The summed E-state index contributed by atoms with van der Waals surface area (Å²) < 4.78 is 19.1. The Morgan fingerprint density at radius 2 is 2.26 bits per heavy atom. The van der Waals surface area contributed by atoms with Gasteiger partial charge in [0.05, 0.1) is 6.61 Å². The number of halogens is 2. The van der Waals surface area contributed by atoms with E-state index in [0.29, 0.717) is 0 Å². The molecule has 0 saturated carbocycles. The Morgan fingerprint density at radius 3 is 2.74 bits per heavy atom. The van der Waals surface area contributed by atoms with Crippen LogP contribution in [0.2, 0.25) is 0 Å². The highest BCUT2D eigenvalue weighted by Gasteiger charge is 2.55. The minimum atomic E-state index is -1.87. The highest BCUT2D eigenvalue weighted by Crippen LogP contribution is 2.39. The van der Waals surface area contributed by atoms with E-state index in [9.17, 15) is 19.1 Å². The van der Waals surface area contributed by atoms with Gasteiger partial charge in [-0.3, -0.25) is 14.3 Å². The average Bonchev–Trinajstić information content (AvgIpc) is 2.64. The van der Waals surface area contributed by atoms with Gasteiger partial charge in [-0.15, -0.1) is 11.6 Å². The first-order valence-electron chi connectivity index (χ1n) is 5.43. The van der Waals surface area contributed by atoms with Crippen molar-refractivity contribution in [3.05, 3.63) is 33.1 Å². The van der Waals surface area contributed by atoms with Crippen molar-refractivity contribution in [2.24, 2.45) is 0 Å². The zero-order chi connectivity index (χ0) is 14.2. The number of hydrogen-bond donors (Lipinski definition) is 3. The summed E-state index contributed by atoms with van der Waals surface area (Å²) in [6.07, 6.45) is -1.56. The summed E-state index contributed by atoms with van der Waals surface area (Å²) in [5, 5.41) is 17.8. The number of nitrogens with one attached hydrogen (secondary N) is 1. The minimum absolute atomic E-state index is 0.607. The van der Waals surface area contributed by atoms with Crippen molar-refractivity contribution in [3.63, 3.8) is 0 Å². The van der Waals surface area contributed by atoms with Gasteiger partial charge in [-0.25, -0.2) is 9.18 Å². The molecule has 0 amide bonds. The van der Waals surface area contributed by atoms with Gasteiger partial charge in [0.15, 0.2) is 6.23 Å². The van der Waals surface area contributed by atoms with Gasteiger partial charge >= 0.3 is 5.69 Å². The molecule has 1 aromatic rings. The number of H-pyrrole nitrogens is 1. The SMILES string of the molecule is O=c1ccn([C@@H]2O[C@@](CO)(CF)[C@@H](O)[C@H]2Cl)c(=O)[nH]1. The zero-order valence-corrected chi connectivity index (χ0v) is 10.4. The number of alkyl halides is 2. The van der Waals surface area contributed by atoms with Gasteiger partial charge in [0.1, 0.15) is 23.8 Å². The Hall–Kier alpha value is -1.22. The molecule has 4 atom stereocenters. The van der Waals surface area contributed by atoms with Crippen molar-refractivity contribution in [1.29, 1.82) is 0 Å². The summed E-state index contributed by atoms with van der Waals surface area (Å²) in [4.78, 5) is 24.5. The number of aliphatic hydroxyl groups is 2. The minimum Gasteiger partial charge on any atom is -0.393 e. The fourth-order valence-electron chi connectivity index (χ4n) is 1.94. The first-order valence-corrected chi connectivity index (χ1v) is 5.87. The van der Waals surface area contributed by atoms with Gasteiger partial charge in [-0.1, -0.05) is 0 Å². The fraction of sp³-hybridized carbons (Fsp3) is 0.600. The molecule has 0 aliphatic carbocycles. The first kappa shape index (κ1) is 14.2. The van der Waals surface area contributed by atoms with Crippen LogP contribution in [0.4, 0.5) is 4.39 Å². The number of hydrogen-bond acceptors (Lipinski definition) is 5. The predicted octanol–water partition coefficient (Wildman–Crippen LogP) is -1.27. The summed E-state index contributed by atoms with van der Waals surface area (Å²) in [5.41, 5.74) is -3.28. The Bertz CT molecular complexity index is 570. The summed E-state index contributed by atoms with van der Waals surface area (Å²) in [6.45, 7) is -1.95. The third kappa shape index (κ3) is 2.20. The van der Waals surface area contributed by atoms with Crippen molar-refractivity contribution in [3.8, 4) is 0 Å². The van der Waals surface area contributed by atoms with E-state index in [4.69, 9.17) is 21.4 Å². The topological polar surface area (TPSA) is 105 Å². The Kier molecular flexibility index (Phi) is 3.77. The number of aliphatic hydroxyl groups excluding tert-OH is 2. The molecule has 1 saturated heterocycles. The molecule has 106 valence electrons. The van der Waals surface area contributed by atoms with E-state index < -0.39 is 47.8 Å². The van der Waals surface area contributed by atoms with E-state index in [0.717, 1.165) is 16.8 Å². The lowest BCUT2D eigenvalue weighted by molar-refractivity contribution is -0.137. The number of aromatic nitrogens is 2. The molecule has 0 spiro atoms. The quantitative estimate of drug-likeness (QED) is 0.603. The number of rotatable bonds is 3.